The van der Waals surface area contributed by atoms with Crippen LogP contribution in [-0.2, 0) is 4.79 Å². The number of nitrogens with zero attached hydrogens (tertiary/aromatic N) is 2. The van der Waals surface area contributed by atoms with Gasteiger partial charge in [-0.15, -0.1) is 0 Å². The Bertz CT molecular complexity index is 330. The average molecular weight is 210 g/mol. The van der Waals surface area contributed by atoms with E-state index in [9.17, 15) is 4.79 Å². The maximum Gasteiger partial charge on any atom is 0.178 e. The van der Waals surface area contributed by atoms with Crippen LogP contribution in [0.3, 0.4) is 0 Å². The Kier molecular flexibility index (Phi) is 3.47. The van der Waals surface area contributed by atoms with Crippen LogP contribution in [0.15, 0.2) is 16.4 Å². The molecule has 1 rings (SSSR count). The Morgan fingerprint density at radius 1 is 1.53 bits per heavy atom. The van der Waals surface area contributed by atoms with Gasteiger partial charge in [-0.05, 0) is 13.8 Å². The number of aliphatic imine (C=N–C) groups is 1. The van der Waals surface area contributed by atoms with Gasteiger partial charge in [-0.25, -0.2) is 4.99 Å². The first-order valence-electron chi connectivity index (χ1n) is 4.92. The van der Waals surface area contributed by atoms with Gasteiger partial charge in [0, 0.05) is 19.7 Å². The minimum atomic E-state index is -0.214. The van der Waals surface area contributed by atoms with Crippen molar-refractivity contribution in [3.63, 3.8) is 0 Å². The number of carbonyl (C=O) groups excluding carboxylic acids is 1. The summed E-state index contributed by atoms with van der Waals surface area (Å²) in [6.45, 7) is 4.05. The smallest absolute Gasteiger partial charge is 0.178 e. The van der Waals surface area contributed by atoms with E-state index in [1.807, 2.05) is 21.0 Å². The van der Waals surface area contributed by atoms with E-state index < -0.39 is 0 Å². The summed E-state index contributed by atoms with van der Waals surface area (Å²) < 4.78 is 0. The lowest BCUT2D eigenvalue weighted by molar-refractivity contribution is -0.117. The summed E-state index contributed by atoms with van der Waals surface area (Å²) in [4.78, 5) is 17.9. The van der Waals surface area contributed by atoms with Crippen molar-refractivity contribution in [1.29, 1.82) is 0 Å². The van der Waals surface area contributed by atoms with E-state index in [-0.39, 0.29) is 11.8 Å². The minimum Gasteiger partial charge on any atom is -0.386 e. The molecule has 0 fully saturated rings. The molecule has 1 heterocycles. The molecular weight excluding hydrogens is 192 g/mol. The third kappa shape index (κ3) is 2.56. The molecular formula is C10H18N4O. The van der Waals surface area contributed by atoms with Crippen molar-refractivity contribution in [2.45, 2.75) is 19.9 Å². The SMILES string of the molecule is CC1=C(N(C)C)N=C(N)CNC(C)C1=O. The van der Waals surface area contributed by atoms with E-state index in [0.29, 0.717) is 23.8 Å². The summed E-state index contributed by atoms with van der Waals surface area (Å²) in [5.41, 5.74) is 6.36. The molecule has 0 aromatic carbocycles. The number of amidine groups is 1. The standard InChI is InChI=1S/C10H18N4O/c1-6-9(15)7(2)12-5-8(11)13-10(6)14(3)4/h7,12H,5H2,1-4H3,(H2,11,13). The van der Waals surface area contributed by atoms with Gasteiger partial charge < -0.3 is 16.0 Å². The zero-order valence-electron chi connectivity index (χ0n) is 9.66. The highest BCUT2D eigenvalue weighted by Gasteiger charge is 2.21. The fourth-order valence-corrected chi connectivity index (χ4v) is 1.48. The van der Waals surface area contributed by atoms with Gasteiger partial charge in [0.2, 0.25) is 0 Å². The van der Waals surface area contributed by atoms with Crippen LogP contribution in [-0.4, -0.2) is 43.2 Å². The first-order valence-corrected chi connectivity index (χ1v) is 4.92. The van der Waals surface area contributed by atoms with E-state index >= 15 is 0 Å². The summed E-state index contributed by atoms with van der Waals surface area (Å²) in [7, 11) is 3.70. The van der Waals surface area contributed by atoms with Gasteiger partial charge in [-0.1, -0.05) is 0 Å². The molecule has 0 aliphatic carbocycles. The second kappa shape index (κ2) is 4.44. The van der Waals surface area contributed by atoms with Crippen molar-refractivity contribution in [3.8, 4) is 0 Å². The topological polar surface area (TPSA) is 70.7 Å². The fourth-order valence-electron chi connectivity index (χ4n) is 1.48. The number of nitrogens with two attached hydrogens (primary N) is 1. The second-order valence-corrected chi connectivity index (χ2v) is 3.91. The highest BCUT2D eigenvalue weighted by molar-refractivity contribution is 6.00. The average Bonchev–Trinajstić information content (AvgIpc) is 2.18. The number of rotatable bonds is 1. The number of hydrogen-bond donors (Lipinski definition) is 2. The van der Waals surface area contributed by atoms with Crippen LogP contribution >= 0.6 is 0 Å². The Morgan fingerprint density at radius 2 is 2.13 bits per heavy atom. The Morgan fingerprint density at radius 3 is 2.67 bits per heavy atom. The van der Waals surface area contributed by atoms with Gasteiger partial charge in [0.1, 0.15) is 11.7 Å². The van der Waals surface area contributed by atoms with Gasteiger partial charge in [-0.3, -0.25) is 4.79 Å². The van der Waals surface area contributed by atoms with Crippen molar-refractivity contribution in [1.82, 2.24) is 10.2 Å². The second-order valence-electron chi connectivity index (χ2n) is 3.91. The van der Waals surface area contributed by atoms with Crippen LogP contribution in [0.2, 0.25) is 0 Å². The molecule has 0 radical (unpaired) electrons. The van der Waals surface area contributed by atoms with Gasteiger partial charge in [0.05, 0.1) is 12.6 Å². The molecule has 0 aromatic rings. The minimum absolute atomic E-state index is 0.0648. The van der Waals surface area contributed by atoms with Crippen LogP contribution in [0, 0.1) is 0 Å². The molecule has 0 amide bonds. The number of nitrogens with one attached hydrogen (secondary N) is 1. The van der Waals surface area contributed by atoms with E-state index in [1.54, 1.807) is 11.8 Å². The Labute approximate surface area is 90.0 Å². The molecule has 1 aliphatic rings. The summed E-state index contributed by atoms with van der Waals surface area (Å²) >= 11 is 0. The molecule has 5 nitrogen and oxygen atoms in total. The number of ketones is 1. The van der Waals surface area contributed by atoms with E-state index in [2.05, 4.69) is 10.3 Å². The molecule has 0 saturated heterocycles. The van der Waals surface area contributed by atoms with E-state index in [4.69, 9.17) is 5.73 Å². The first kappa shape index (κ1) is 11.7. The summed E-state index contributed by atoms with van der Waals surface area (Å²) in [5.74, 6) is 1.21. The lowest BCUT2D eigenvalue weighted by Gasteiger charge is -2.22. The van der Waals surface area contributed by atoms with Gasteiger partial charge in [-0.2, -0.15) is 0 Å². The zero-order chi connectivity index (χ0) is 11.6. The van der Waals surface area contributed by atoms with Crippen LogP contribution in [0.5, 0.6) is 0 Å². The van der Waals surface area contributed by atoms with Crippen LogP contribution < -0.4 is 11.1 Å². The predicted molar refractivity (Wildman–Crippen MR) is 60.5 cm³/mol. The maximum absolute atomic E-state index is 11.9. The number of hydrogen-bond acceptors (Lipinski definition) is 5. The molecule has 1 unspecified atom stereocenters. The van der Waals surface area contributed by atoms with Gasteiger partial charge in [0.25, 0.3) is 0 Å². The molecule has 1 atom stereocenters. The zero-order valence-corrected chi connectivity index (χ0v) is 9.66. The van der Waals surface area contributed by atoms with Crippen molar-refractivity contribution in [2.75, 3.05) is 20.6 Å². The number of Topliss-reactive ketones (excluding diaryl/α,β-unsaturated/α-hetero) is 1. The fraction of sp³-hybridized carbons (Fsp3) is 0.600. The highest BCUT2D eigenvalue weighted by atomic mass is 16.1. The molecule has 0 saturated carbocycles. The third-order valence-electron chi connectivity index (χ3n) is 2.36. The summed E-state index contributed by atoms with van der Waals surface area (Å²) in [6.07, 6.45) is 0. The van der Waals surface area contributed by atoms with Crippen molar-refractivity contribution in [3.05, 3.63) is 11.4 Å². The van der Waals surface area contributed by atoms with Crippen molar-refractivity contribution < 1.29 is 4.79 Å². The maximum atomic E-state index is 11.9. The molecule has 1 aliphatic heterocycles. The molecule has 15 heavy (non-hydrogen) atoms. The first-order chi connectivity index (χ1) is 6.93. The van der Waals surface area contributed by atoms with Gasteiger partial charge in [0.15, 0.2) is 5.78 Å². The van der Waals surface area contributed by atoms with Crippen LogP contribution in [0.1, 0.15) is 13.8 Å². The number of carbonyl (C=O) groups is 1. The summed E-state index contributed by atoms with van der Waals surface area (Å²) in [6, 6.07) is -0.214. The lowest BCUT2D eigenvalue weighted by atomic mass is 10.1. The molecule has 5 heteroatoms. The molecule has 0 aromatic heterocycles. The third-order valence-corrected chi connectivity index (χ3v) is 2.36. The Hall–Kier alpha value is -1.36. The van der Waals surface area contributed by atoms with Crippen LogP contribution in [0.25, 0.3) is 0 Å². The molecule has 0 spiro atoms. The molecule has 84 valence electrons. The molecule has 0 bridgehead atoms. The van der Waals surface area contributed by atoms with Crippen molar-refractivity contribution in [2.24, 2.45) is 10.7 Å². The highest BCUT2D eigenvalue weighted by Crippen LogP contribution is 2.12. The quantitative estimate of drug-likeness (QED) is 0.623. The van der Waals surface area contributed by atoms with Crippen molar-refractivity contribution >= 4 is 11.6 Å². The van der Waals surface area contributed by atoms with E-state index in [1.165, 1.54) is 0 Å². The van der Waals surface area contributed by atoms with E-state index in [0.717, 1.165) is 0 Å². The Balaban J connectivity index is 3.18. The lowest BCUT2D eigenvalue weighted by Crippen LogP contribution is -2.42. The van der Waals surface area contributed by atoms with Gasteiger partial charge >= 0.3 is 0 Å². The monoisotopic (exact) mass is 210 g/mol. The summed E-state index contributed by atoms with van der Waals surface area (Å²) in [5, 5.41) is 3.02. The largest absolute Gasteiger partial charge is 0.386 e. The van der Waals surface area contributed by atoms with Crippen LogP contribution in [0.4, 0.5) is 0 Å². The normalized spacial score (nSPS) is 23.3. The molecule has 3 N–H and O–H groups in total. The predicted octanol–water partition coefficient (Wildman–Crippen LogP) is -0.302.